The van der Waals surface area contributed by atoms with Gasteiger partial charge in [0.1, 0.15) is 5.82 Å². The third kappa shape index (κ3) is 2.18. The van der Waals surface area contributed by atoms with Gasteiger partial charge in [-0.15, -0.1) is 0 Å². The van der Waals surface area contributed by atoms with Crippen LogP contribution in [-0.4, -0.2) is 52.8 Å². The maximum absolute atomic E-state index is 12.5. The average Bonchev–Trinajstić information content (AvgIpc) is 3.06. The molecule has 1 fully saturated rings. The summed E-state index contributed by atoms with van der Waals surface area (Å²) in [5.74, 6) is 1.08. The van der Waals surface area contributed by atoms with Crippen LogP contribution in [0.2, 0.25) is 0 Å². The second-order valence-corrected chi connectivity index (χ2v) is 5.63. The number of aromatic nitrogens is 3. The molecule has 0 unspecified atom stereocenters. The van der Waals surface area contributed by atoms with Crippen LogP contribution in [0.5, 0.6) is 0 Å². The van der Waals surface area contributed by atoms with Crippen molar-refractivity contribution >= 4 is 28.6 Å². The van der Waals surface area contributed by atoms with E-state index in [1.807, 2.05) is 13.1 Å². The zero-order valence-electron chi connectivity index (χ0n) is 12.6. The second-order valence-electron chi connectivity index (χ2n) is 5.63. The summed E-state index contributed by atoms with van der Waals surface area (Å²) < 4.78 is 1.66. The van der Waals surface area contributed by atoms with E-state index < -0.39 is 0 Å². The van der Waals surface area contributed by atoms with Gasteiger partial charge in [0, 0.05) is 34.2 Å². The topological polar surface area (TPSA) is 80.3 Å². The minimum atomic E-state index is -0.0606. The standard InChI is InChI=1S/C14H20N6O/c1-18(2)14(21)10-8-9-11(15)17-19(3)12(9)16-13(10)20-6-4-5-7-20/h8H,4-7H2,1-3H3,(H2,15,17). The van der Waals surface area contributed by atoms with Gasteiger partial charge >= 0.3 is 0 Å². The number of nitrogens with two attached hydrogens (primary N) is 1. The van der Waals surface area contributed by atoms with Gasteiger partial charge in [-0.05, 0) is 18.9 Å². The molecule has 0 saturated carbocycles. The Balaban J connectivity index is 2.23. The lowest BCUT2D eigenvalue weighted by Gasteiger charge is -2.21. The average molecular weight is 288 g/mol. The SMILES string of the molecule is CN(C)C(=O)c1cc2c(N)nn(C)c2nc1N1CCCC1. The summed E-state index contributed by atoms with van der Waals surface area (Å²) in [5, 5.41) is 4.92. The fourth-order valence-corrected chi connectivity index (χ4v) is 2.76. The van der Waals surface area contributed by atoms with Crippen molar-refractivity contribution in [3.63, 3.8) is 0 Å². The van der Waals surface area contributed by atoms with E-state index in [9.17, 15) is 4.79 Å². The van der Waals surface area contributed by atoms with Crippen molar-refractivity contribution in [2.75, 3.05) is 37.8 Å². The van der Waals surface area contributed by atoms with Crippen molar-refractivity contribution in [1.29, 1.82) is 0 Å². The number of nitrogens with zero attached hydrogens (tertiary/aromatic N) is 5. The molecule has 2 aromatic rings. The van der Waals surface area contributed by atoms with Gasteiger partial charge in [0.05, 0.1) is 10.9 Å². The molecule has 0 spiro atoms. The van der Waals surface area contributed by atoms with Gasteiger partial charge < -0.3 is 15.5 Å². The Morgan fingerprint density at radius 1 is 1.33 bits per heavy atom. The smallest absolute Gasteiger partial charge is 0.257 e. The number of hydrogen-bond donors (Lipinski definition) is 1. The Bertz CT molecular complexity index is 699. The number of fused-ring (bicyclic) bond motifs is 1. The van der Waals surface area contributed by atoms with Crippen LogP contribution in [0.15, 0.2) is 6.07 Å². The lowest BCUT2D eigenvalue weighted by molar-refractivity contribution is 0.0828. The molecule has 1 aliphatic rings. The molecule has 0 aromatic carbocycles. The molecule has 0 bridgehead atoms. The molecule has 7 nitrogen and oxygen atoms in total. The van der Waals surface area contributed by atoms with Crippen LogP contribution in [0.1, 0.15) is 23.2 Å². The minimum absolute atomic E-state index is 0.0606. The molecule has 2 N–H and O–H groups in total. The molecule has 3 heterocycles. The number of rotatable bonds is 2. The second kappa shape index (κ2) is 4.91. The first-order chi connectivity index (χ1) is 9.99. The van der Waals surface area contributed by atoms with E-state index in [4.69, 9.17) is 5.73 Å². The van der Waals surface area contributed by atoms with Gasteiger partial charge in [0.25, 0.3) is 5.91 Å². The third-order valence-corrected chi connectivity index (χ3v) is 3.86. The molecular weight excluding hydrogens is 268 g/mol. The largest absolute Gasteiger partial charge is 0.382 e. The maximum Gasteiger partial charge on any atom is 0.257 e. The summed E-state index contributed by atoms with van der Waals surface area (Å²) in [6.45, 7) is 1.86. The minimum Gasteiger partial charge on any atom is -0.382 e. The Hall–Kier alpha value is -2.31. The highest BCUT2D eigenvalue weighted by atomic mass is 16.2. The summed E-state index contributed by atoms with van der Waals surface area (Å²) >= 11 is 0. The van der Waals surface area contributed by atoms with Crippen molar-refractivity contribution < 1.29 is 4.79 Å². The Kier molecular flexibility index (Phi) is 3.19. The molecular formula is C14H20N6O. The number of hydrogen-bond acceptors (Lipinski definition) is 5. The molecule has 0 aliphatic carbocycles. The van der Waals surface area contributed by atoms with Gasteiger partial charge in [-0.2, -0.15) is 5.10 Å². The Morgan fingerprint density at radius 2 is 2.00 bits per heavy atom. The third-order valence-electron chi connectivity index (χ3n) is 3.86. The monoisotopic (exact) mass is 288 g/mol. The van der Waals surface area contributed by atoms with E-state index in [1.165, 1.54) is 0 Å². The number of amides is 1. The molecule has 21 heavy (non-hydrogen) atoms. The molecule has 0 atom stereocenters. The van der Waals surface area contributed by atoms with Crippen LogP contribution < -0.4 is 10.6 Å². The van der Waals surface area contributed by atoms with Gasteiger partial charge in [0.2, 0.25) is 0 Å². The van der Waals surface area contributed by atoms with Crippen molar-refractivity contribution in [3.8, 4) is 0 Å². The fraction of sp³-hybridized carbons (Fsp3) is 0.500. The molecule has 1 aliphatic heterocycles. The zero-order valence-corrected chi connectivity index (χ0v) is 12.6. The predicted molar refractivity (Wildman–Crippen MR) is 82.4 cm³/mol. The molecule has 7 heteroatoms. The van der Waals surface area contributed by atoms with E-state index in [-0.39, 0.29) is 5.91 Å². The molecule has 112 valence electrons. The van der Waals surface area contributed by atoms with E-state index in [2.05, 4.69) is 15.0 Å². The molecule has 2 aromatic heterocycles. The molecule has 3 rings (SSSR count). The van der Waals surface area contributed by atoms with Crippen molar-refractivity contribution in [1.82, 2.24) is 19.7 Å². The van der Waals surface area contributed by atoms with Gasteiger partial charge in [-0.1, -0.05) is 0 Å². The van der Waals surface area contributed by atoms with Crippen LogP contribution in [0.4, 0.5) is 11.6 Å². The van der Waals surface area contributed by atoms with Crippen LogP contribution >= 0.6 is 0 Å². The highest BCUT2D eigenvalue weighted by Gasteiger charge is 2.24. The predicted octanol–water partition coefficient (Wildman–Crippen LogP) is 0.852. The summed E-state index contributed by atoms with van der Waals surface area (Å²) in [5.41, 5.74) is 7.22. The first kappa shape index (κ1) is 13.7. The van der Waals surface area contributed by atoms with E-state index >= 15 is 0 Å². The lowest BCUT2D eigenvalue weighted by atomic mass is 10.1. The van der Waals surface area contributed by atoms with Crippen molar-refractivity contribution in [2.45, 2.75) is 12.8 Å². The number of aryl methyl sites for hydroxylation is 1. The normalized spacial score (nSPS) is 14.9. The molecule has 1 amide bonds. The lowest BCUT2D eigenvalue weighted by Crippen LogP contribution is -2.27. The van der Waals surface area contributed by atoms with E-state index in [1.54, 1.807) is 23.7 Å². The number of pyridine rings is 1. The summed E-state index contributed by atoms with van der Waals surface area (Å²) in [4.78, 5) is 20.9. The van der Waals surface area contributed by atoms with E-state index in [0.717, 1.165) is 37.1 Å². The van der Waals surface area contributed by atoms with Gasteiger partial charge in [-0.25, -0.2) is 9.67 Å². The number of carbonyl (C=O) groups is 1. The summed E-state index contributed by atoms with van der Waals surface area (Å²) in [6.07, 6.45) is 2.26. The highest BCUT2D eigenvalue weighted by molar-refractivity contribution is 6.03. The quantitative estimate of drug-likeness (QED) is 0.886. The first-order valence-electron chi connectivity index (χ1n) is 7.09. The molecule has 1 saturated heterocycles. The van der Waals surface area contributed by atoms with Crippen LogP contribution in [-0.2, 0) is 7.05 Å². The maximum atomic E-state index is 12.5. The van der Waals surface area contributed by atoms with Crippen LogP contribution in [0, 0.1) is 0 Å². The van der Waals surface area contributed by atoms with Crippen molar-refractivity contribution in [2.24, 2.45) is 7.05 Å². The number of carbonyl (C=O) groups excluding carboxylic acids is 1. The Morgan fingerprint density at radius 3 is 2.62 bits per heavy atom. The number of anilines is 2. The fourth-order valence-electron chi connectivity index (χ4n) is 2.76. The number of nitrogen functional groups attached to an aromatic ring is 1. The van der Waals surface area contributed by atoms with Gasteiger partial charge in [-0.3, -0.25) is 4.79 Å². The highest BCUT2D eigenvalue weighted by Crippen LogP contribution is 2.29. The summed E-state index contributed by atoms with van der Waals surface area (Å²) in [7, 11) is 5.30. The Labute approximate surface area is 123 Å². The zero-order chi connectivity index (χ0) is 15.1. The first-order valence-corrected chi connectivity index (χ1v) is 7.09. The van der Waals surface area contributed by atoms with Crippen molar-refractivity contribution in [3.05, 3.63) is 11.6 Å². The van der Waals surface area contributed by atoms with Gasteiger partial charge in [0.15, 0.2) is 11.5 Å². The summed E-state index contributed by atoms with van der Waals surface area (Å²) in [6, 6.07) is 1.82. The van der Waals surface area contributed by atoms with Crippen LogP contribution in [0.25, 0.3) is 11.0 Å². The van der Waals surface area contributed by atoms with E-state index in [0.29, 0.717) is 17.0 Å². The van der Waals surface area contributed by atoms with Crippen LogP contribution in [0.3, 0.4) is 0 Å². The molecule has 0 radical (unpaired) electrons.